The van der Waals surface area contributed by atoms with E-state index >= 15 is 0 Å². The van der Waals surface area contributed by atoms with Crippen molar-refractivity contribution >= 4 is 15.7 Å². The van der Waals surface area contributed by atoms with E-state index in [4.69, 9.17) is 14.6 Å². The Morgan fingerprint density at radius 3 is 2.43 bits per heavy atom. The van der Waals surface area contributed by atoms with Crippen molar-refractivity contribution in [3.8, 4) is 17.2 Å². The van der Waals surface area contributed by atoms with E-state index in [2.05, 4.69) is 5.10 Å². The molecule has 11 heteroatoms. The van der Waals surface area contributed by atoms with Crippen LogP contribution in [0.2, 0.25) is 0 Å². The highest BCUT2D eigenvalue weighted by Crippen LogP contribution is 2.33. The van der Waals surface area contributed by atoms with Crippen molar-refractivity contribution in [2.75, 3.05) is 14.2 Å². The SMILES string of the molecule is COc1ccc(Cc2cc([N+](=O)[O-])cc(S(N)(=O)=O)c2-n2cc(C)cn2)c(OC)c1. The van der Waals surface area contributed by atoms with Crippen LogP contribution in [0.3, 0.4) is 0 Å². The first-order valence-electron chi connectivity index (χ1n) is 8.70. The summed E-state index contributed by atoms with van der Waals surface area (Å²) in [5.74, 6) is 1.06. The second kappa shape index (κ2) is 8.13. The largest absolute Gasteiger partial charge is 0.497 e. The molecule has 0 unspecified atom stereocenters. The summed E-state index contributed by atoms with van der Waals surface area (Å²) in [6.07, 6.45) is 3.29. The lowest BCUT2D eigenvalue weighted by atomic mass is 10.0. The zero-order valence-electron chi connectivity index (χ0n) is 16.5. The monoisotopic (exact) mass is 432 g/mol. The summed E-state index contributed by atoms with van der Waals surface area (Å²) in [6.45, 7) is 1.79. The molecular formula is C19H20N4O6S. The third-order valence-electron chi connectivity index (χ3n) is 4.47. The zero-order chi connectivity index (χ0) is 22.1. The lowest BCUT2D eigenvalue weighted by Gasteiger charge is -2.16. The van der Waals surface area contributed by atoms with E-state index < -0.39 is 20.6 Å². The van der Waals surface area contributed by atoms with Crippen LogP contribution >= 0.6 is 0 Å². The maximum atomic E-state index is 12.3. The van der Waals surface area contributed by atoms with E-state index in [1.54, 1.807) is 37.5 Å². The average molecular weight is 432 g/mol. The van der Waals surface area contributed by atoms with E-state index in [-0.39, 0.29) is 17.0 Å². The number of nitro benzene ring substituents is 1. The standard InChI is InChI=1S/C19H20N4O6S/c1-12-10-21-22(11-12)19-14(6-13-4-5-16(28-2)9-17(13)29-3)7-15(23(24)25)8-18(19)30(20,26)27/h4-5,7-11H,6H2,1-3H3,(H2,20,26,27). The number of non-ortho nitro benzene ring substituents is 1. The molecule has 0 radical (unpaired) electrons. The van der Waals surface area contributed by atoms with E-state index in [0.717, 1.165) is 11.6 Å². The molecule has 10 nitrogen and oxygen atoms in total. The molecule has 0 amide bonds. The molecule has 1 heterocycles. The first kappa shape index (κ1) is 21.3. The molecule has 158 valence electrons. The highest BCUT2D eigenvalue weighted by molar-refractivity contribution is 7.89. The second-order valence-electron chi connectivity index (χ2n) is 6.57. The molecule has 0 saturated carbocycles. The number of ether oxygens (including phenoxy) is 2. The number of primary sulfonamides is 1. The van der Waals surface area contributed by atoms with Crippen LogP contribution in [0.25, 0.3) is 5.69 Å². The van der Waals surface area contributed by atoms with E-state index in [0.29, 0.717) is 22.6 Å². The fraction of sp³-hybridized carbons (Fsp3) is 0.211. The van der Waals surface area contributed by atoms with Gasteiger partial charge in [0, 0.05) is 30.8 Å². The van der Waals surface area contributed by atoms with Crippen molar-refractivity contribution in [1.29, 1.82) is 0 Å². The van der Waals surface area contributed by atoms with Gasteiger partial charge in [-0.15, -0.1) is 0 Å². The maximum Gasteiger partial charge on any atom is 0.271 e. The van der Waals surface area contributed by atoms with Crippen LogP contribution in [0.1, 0.15) is 16.7 Å². The number of methoxy groups -OCH3 is 2. The predicted molar refractivity (Wildman–Crippen MR) is 109 cm³/mol. The summed E-state index contributed by atoms with van der Waals surface area (Å²) in [5.41, 5.74) is 1.55. The summed E-state index contributed by atoms with van der Waals surface area (Å²) in [4.78, 5) is 10.4. The Morgan fingerprint density at radius 1 is 1.17 bits per heavy atom. The lowest BCUT2D eigenvalue weighted by Crippen LogP contribution is -2.18. The molecule has 0 atom stereocenters. The van der Waals surface area contributed by atoms with Crippen LogP contribution in [0.15, 0.2) is 47.6 Å². The fourth-order valence-electron chi connectivity index (χ4n) is 3.10. The molecule has 0 aliphatic carbocycles. The summed E-state index contributed by atoms with van der Waals surface area (Å²) >= 11 is 0. The van der Waals surface area contributed by atoms with Crippen molar-refractivity contribution in [2.24, 2.45) is 5.14 Å². The van der Waals surface area contributed by atoms with Gasteiger partial charge in [0.25, 0.3) is 5.69 Å². The number of sulfonamides is 1. The summed E-state index contributed by atoms with van der Waals surface area (Å²) in [6, 6.07) is 7.38. The molecule has 0 fully saturated rings. The van der Waals surface area contributed by atoms with Gasteiger partial charge in [0.05, 0.1) is 31.0 Å². The minimum absolute atomic E-state index is 0.131. The predicted octanol–water partition coefficient (Wildman–Crippen LogP) is 2.34. The minimum Gasteiger partial charge on any atom is -0.497 e. The fourth-order valence-corrected chi connectivity index (χ4v) is 3.88. The number of nitro groups is 1. The van der Waals surface area contributed by atoms with Gasteiger partial charge in [-0.25, -0.2) is 18.2 Å². The molecule has 2 N–H and O–H groups in total. The Bertz CT molecular complexity index is 1220. The van der Waals surface area contributed by atoms with Crippen LogP contribution in [-0.4, -0.2) is 37.3 Å². The Morgan fingerprint density at radius 2 is 1.90 bits per heavy atom. The van der Waals surface area contributed by atoms with Crippen molar-refractivity contribution in [2.45, 2.75) is 18.2 Å². The molecule has 0 spiro atoms. The molecule has 0 saturated heterocycles. The minimum atomic E-state index is -4.29. The Hall–Kier alpha value is -3.44. The first-order chi connectivity index (χ1) is 14.1. The molecule has 2 aromatic carbocycles. The number of hydrogen-bond donors (Lipinski definition) is 1. The van der Waals surface area contributed by atoms with E-state index in [1.165, 1.54) is 25.0 Å². The van der Waals surface area contributed by atoms with Crippen LogP contribution in [-0.2, 0) is 16.4 Å². The number of hydrogen-bond acceptors (Lipinski definition) is 7. The number of nitrogens with two attached hydrogens (primary N) is 1. The molecule has 1 aromatic heterocycles. The van der Waals surface area contributed by atoms with E-state index in [9.17, 15) is 18.5 Å². The smallest absolute Gasteiger partial charge is 0.271 e. The Labute approximate surface area is 173 Å². The van der Waals surface area contributed by atoms with Gasteiger partial charge >= 0.3 is 0 Å². The van der Waals surface area contributed by atoms with Gasteiger partial charge in [-0.05, 0) is 29.7 Å². The second-order valence-corrected chi connectivity index (χ2v) is 8.10. The van der Waals surface area contributed by atoms with Gasteiger partial charge in [-0.2, -0.15) is 5.10 Å². The van der Waals surface area contributed by atoms with Gasteiger partial charge in [0.15, 0.2) is 0 Å². The van der Waals surface area contributed by atoms with Crippen molar-refractivity contribution < 1.29 is 22.8 Å². The Kier molecular flexibility index (Phi) is 5.76. The Balaban J connectivity index is 2.29. The van der Waals surface area contributed by atoms with Gasteiger partial charge in [0.1, 0.15) is 16.4 Å². The topological polar surface area (TPSA) is 140 Å². The number of benzene rings is 2. The van der Waals surface area contributed by atoms with Crippen LogP contribution in [0, 0.1) is 17.0 Å². The quantitative estimate of drug-likeness (QED) is 0.446. The van der Waals surface area contributed by atoms with Gasteiger partial charge in [0.2, 0.25) is 10.0 Å². The van der Waals surface area contributed by atoms with Crippen LogP contribution < -0.4 is 14.6 Å². The number of aromatic nitrogens is 2. The molecule has 0 bridgehead atoms. The average Bonchev–Trinajstić information content (AvgIpc) is 3.12. The molecule has 3 rings (SSSR count). The molecule has 0 aliphatic heterocycles. The molecule has 30 heavy (non-hydrogen) atoms. The van der Waals surface area contributed by atoms with Crippen LogP contribution in [0.5, 0.6) is 11.5 Å². The van der Waals surface area contributed by atoms with Gasteiger partial charge in [-0.3, -0.25) is 10.1 Å². The van der Waals surface area contributed by atoms with Crippen molar-refractivity contribution in [3.63, 3.8) is 0 Å². The summed E-state index contributed by atoms with van der Waals surface area (Å²) < 4.78 is 36.5. The lowest BCUT2D eigenvalue weighted by molar-refractivity contribution is -0.385. The molecule has 3 aromatic rings. The third-order valence-corrected chi connectivity index (χ3v) is 5.40. The van der Waals surface area contributed by atoms with Gasteiger partial charge in [-0.1, -0.05) is 6.07 Å². The normalized spacial score (nSPS) is 11.3. The number of aryl methyl sites for hydroxylation is 1. The maximum absolute atomic E-state index is 12.3. The van der Waals surface area contributed by atoms with Crippen molar-refractivity contribution in [3.05, 3.63) is 69.5 Å². The summed E-state index contributed by atoms with van der Waals surface area (Å²) in [5, 5.41) is 21.0. The molecular weight excluding hydrogens is 412 g/mol. The van der Waals surface area contributed by atoms with Crippen LogP contribution in [0.4, 0.5) is 5.69 Å². The molecule has 0 aliphatic rings. The van der Waals surface area contributed by atoms with Gasteiger partial charge < -0.3 is 9.47 Å². The number of rotatable bonds is 7. The van der Waals surface area contributed by atoms with E-state index in [1.807, 2.05) is 0 Å². The first-order valence-corrected chi connectivity index (χ1v) is 10.3. The highest BCUT2D eigenvalue weighted by Gasteiger charge is 2.25. The van der Waals surface area contributed by atoms with Crippen molar-refractivity contribution in [1.82, 2.24) is 9.78 Å². The summed E-state index contributed by atoms with van der Waals surface area (Å²) in [7, 11) is -1.28. The zero-order valence-corrected chi connectivity index (χ0v) is 17.3. The third kappa shape index (κ3) is 4.26. The highest BCUT2D eigenvalue weighted by atomic mass is 32.2. The number of nitrogens with zero attached hydrogens (tertiary/aromatic N) is 3.